The predicted molar refractivity (Wildman–Crippen MR) is 135 cm³/mol. The molecule has 178 valence electrons. The molecule has 1 aliphatic heterocycles. The average molecular weight is 469 g/mol. The molecule has 3 aromatic rings. The van der Waals surface area contributed by atoms with E-state index >= 15 is 0 Å². The number of hydrogen-bond acceptors (Lipinski definition) is 6. The van der Waals surface area contributed by atoms with E-state index in [4.69, 9.17) is 5.26 Å². The number of pyridine rings is 1. The number of carbonyl (C=O) groups is 2. The molecule has 1 aromatic heterocycles. The van der Waals surface area contributed by atoms with E-state index in [2.05, 4.69) is 21.7 Å². The highest BCUT2D eigenvalue weighted by Gasteiger charge is 2.23. The zero-order chi connectivity index (χ0) is 24.6. The van der Waals surface area contributed by atoms with Gasteiger partial charge in [0.25, 0.3) is 0 Å². The normalized spacial score (nSPS) is 14.3. The summed E-state index contributed by atoms with van der Waals surface area (Å²) < 4.78 is 0. The number of piperazine rings is 1. The van der Waals surface area contributed by atoms with Gasteiger partial charge in [-0.1, -0.05) is 42.5 Å². The van der Waals surface area contributed by atoms with Crippen molar-refractivity contribution in [2.45, 2.75) is 12.5 Å². The minimum absolute atomic E-state index is 0.0754. The van der Waals surface area contributed by atoms with Crippen LogP contribution >= 0.6 is 0 Å². The highest BCUT2D eigenvalue weighted by atomic mass is 16.2. The third-order valence-electron chi connectivity index (χ3n) is 6.06. The summed E-state index contributed by atoms with van der Waals surface area (Å²) in [5, 5.41) is 15.2. The van der Waals surface area contributed by atoms with Crippen LogP contribution in [0.5, 0.6) is 0 Å². The van der Waals surface area contributed by atoms with Crippen LogP contribution in [0.25, 0.3) is 0 Å². The van der Waals surface area contributed by atoms with Crippen LogP contribution in [0.15, 0.2) is 72.9 Å². The number of benzene rings is 2. The van der Waals surface area contributed by atoms with Gasteiger partial charge in [0.15, 0.2) is 0 Å². The molecule has 2 aromatic carbocycles. The molecular formula is C27H28N6O2. The van der Waals surface area contributed by atoms with Gasteiger partial charge in [-0.25, -0.2) is 4.98 Å². The van der Waals surface area contributed by atoms with Gasteiger partial charge in [-0.3, -0.25) is 9.59 Å². The molecule has 0 spiro atoms. The predicted octanol–water partition coefficient (Wildman–Crippen LogP) is 2.74. The Morgan fingerprint density at radius 1 is 1.09 bits per heavy atom. The van der Waals surface area contributed by atoms with Gasteiger partial charge in [-0.05, 0) is 41.8 Å². The van der Waals surface area contributed by atoms with Gasteiger partial charge in [0.1, 0.15) is 11.9 Å². The molecule has 2 amide bonds. The van der Waals surface area contributed by atoms with E-state index in [9.17, 15) is 9.59 Å². The number of nitrogens with one attached hydrogen (secondary N) is 2. The number of rotatable bonds is 8. The highest BCUT2D eigenvalue weighted by Crippen LogP contribution is 2.19. The zero-order valence-electron chi connectivity index (χ0n) is 19.6. The lowest BCUT2D eigenvalue weighted by atomic mass is 10.1. The Hall–Kier alpha value is -4.22. The van der Waals surface area contributed by atoms with Crippen molar-refractivity contribution in [3.63, 3.8) is 0 Å². The van der Waals surface area contributed by atoms with Gasteiger partial charge in [-0.2, -0.15) is 5.26 Å². The van der Waals surface area contributed by atoms with E-state index in [-0.39, 0.29) is 11.8 Å². The third-order valence-corrected chi connectivity index (χ3v) is 6.06. The lowest BCUT2D eigenvalue weighted by molar-refractivity contribution is -0.129. The minimum Gasteiger partial charge on any atom is -0.359 e. The number of nitriles is 1. The first-order valence-electron chi connectivity index (χ1n) is 11.6. The molecule has 1 aliphatic rings. The van der Waals surface area contributed by atoms with Crippen LogP contribution in [-0.4, -0.2) is 54.9 Å². The third kappa shape index (κ3) is 6.22. The Kier molecular flexibility index (Phi) is 7.70. The number of hydrogen-bond donors (Lipinski definition) is 2. The van der Waals surface area contributed by atoms with Gasteiger partial charge in [0.05, 0.1) is 30.1 Å². The Labute approximate surface area is 205 Å². The molecule has 0 saturated carbocycles. The smallest absolute Gasteiger partial charge is 0.247 e. The largest absolute Gasteiger partial charge is 0.359 e. The first-order valence-corrected chi connectivity index (χ1v) is 11.6. The van der Waals surface area contributed by atoms with Gasteiger partial charge in [-0.15, -0.1) is 0 Å². The fourth-order valence-corrected chi connectivity index (χ4v) is 3.94. The van der Waals surface area contributed by atoms with Crippen LogP contribution in [0, 0.1) is 11.3 Å². The van der Waals surface area contributed by atoms with E-state index in [1.165, 1.54) is 0 Å². The number of amides is 2. The summed E-state index contributed by atoms with van der Waals surface area (Å²) in [4.78, 5) is 33.3. The van der Waals surface area contributed by atoms with Crippen molar-refractivity contribution in [1.29, 1.82) is 5.26 Å². The van der Waals surface area contributed by atoms with Gasteiger partial charge in [0, 0.05) is 26.7 Å². The standard InChI is InChI=1S/C27H28N6O2/c1-32-15-16-33(19-25(32)34)23-11-12-24(30-18-23)31-27(35)26(22-5-3-2-4-6-22)29-14-13-20-7-9-21(17-28)10-8-20/h2-12,18,26,29H,13-16,19H2,1H3,(H,30,31,35). The molecule has 1 unspecified atom stereocenters. The minimum atomic E-state index is -0.550. The van der Waals surface area contributed by atoms with Crippen molar-refractivity contribution in [3.05, 3.63) is 89.6 Å². The molecule has 8 heteroatoms. The summed E-state index contributed by atoms with van der Waals surface area (Å²) in [6.45, 7) is 2.32. The Morgan fingerprint density at radius 3 is 2.51 bits per heavy atom. The molecule has 2 N–H and O–H groups in total. The second kappa shape index (κ2) is 11.3. The van der Waals surface area contributed by atoms with E-state index < -0.39 is 6.04 Å². The van der Waals surface area contributed by atoms with Crippen molar-refractivity contribution >= 4 is 23.3 Å². The summed E-state index contributed by atoms with van der Waals surface area (Å²) in [6.07, 6.45) is 2.41. The number of anilines is 2. The van der Waals surface area contributed by atoms with Crippen LogP contribution in [0.4, 0.5) is 11.5 Å². The Morgan fingerprint density at radius 2 is 1.86 bits per heavy atom. The molecule has 8 nitrogen and oxygen atoms in total. The average Bonchev–Trinajstić information content (AvgIpc) is 2.89. The fourth-order valence-electron chi connectivity index (χ4n) is 3.94. The Bertz CT molecular complexity index is 1190. The molecule has 4 rings (SSSR count). The van der Waals surface area contributed by atoms with Crippen LogP contribution in [-0.2, 0) is 16.0 Å². The topological polar surface area (TPSA) is 101 Å². The highest BCUT2D eigenvalue weighted by molar-refractivity contribution is 5.95. The maximum Gasteiger partial charge on any atom is 0.247 e. The molecule has 0 radical (unpaired) electrons. The van der Waals surface area contributed by atoms with Crippen LogP contribution in [0.3, 0.4) is 0 Å². The summed E-state index contributed by atoms with van der Waals surface area (Å²) in [5.74, 6) is 0.325. The second-order valence-corrected chi connectivity index (χ2v) is 8.48. The number of nitrogens with zero attached hydrogens (tertiary/aromatic N) is 4. The first kappa shape index (κ1) is 23.9. The second-order valence-electron chi connectivity index (χ2n) is 8.48. The van der Waals surface area contributed by atoms with E-state index in [1.54, 1.807) is 36.3 Å². The molecule has 1 atom stereocenters. The molecule has 0 bridgehead atoms. The van der Waals surface area contributed by atoms with Crippen LogP contribution < -0.4 is 15.5 Å². The molecular weight excluding hydrogens is 440 g/mol. The first-order chi connectivity index (χ1) is 17.0. The summed E-state index contributed by atoms with van der Waals surface area (Å²) >= 11 is 0. The maximum absolute atomic E-state index is 13.2. The van der Waals surface area contributed by atoms with E-state index in [1.807, 2.05) is 53.4 Å². The SMILES string of the molecule is CN1CCN(c2ccc(NC(=O)C(NCCc3ccc(C#N)cc3)c3ccccc3)nc2)CC1=O. The summed E-state index contributed by atoms with van der Waals surface area (Å²) in [5.41, 5.74) is 3.42. The lowest BCUT2D eigenvalue weighted by Gasteiger charge is -2.33. The maximum atomic E-state index is 13.2. The van der Waals surface area contributed by atoms with E-state index in [0.29, 0.717) is 31.0 Å². The van der Waals surface area contributed by atoms with Crippen molar-refractivity contribution < 1.29 is 9.59 Å². The number of likely N-dealkylation sites (N-methyl/N-ethyl adjacent to an activating group) is 1. The van der Waals surface area contributed by atoms with Crippen LogP contribution in [0.2, 0.25) is 0 Å². The zero-order valence-corrected chi connectivity index (χ0v) is 19.6. The quantitative estimate of drug-likeness (QED) is 0.527. The van der Waals surface area contributed by atoms with Crippen molar-refractivity contribution in [1.82, 2.24) is 15.2 Å². The molecule has 35 heavy (non-hydrogen) atoms. The number of carbonyl (C=O) groups excluding carboxylic acids is 2. The molecule has 0 aliphatic carbocycles. The molecule has 2 heterocycles. The van der Waals surface area contributed by atoms with Gasteiger partial charge in [0.2, 0.25) is 11.8 Å². The monoisotopic (exact) mass is 468 g/mol. The van der Waals surface area contributed by atoms with Crippen molar-refractivity contribution in [2.24, 2.45) is 0 Å². The van der Waals surface area contributed by atoms with Crippen molar-refractivity contribution in [3.8, 4) is 6.07 Å². The fraction of sp³-hybridized carbons (Fsp3) is 0.259. The van der Waals surface area contributed by atoms with Crippen LogP contribution in [0.1, 0.15) is 22.7 Å². The van der Waals surface area contributed by atoms with Gasteiger partial charge >= 0.3 is 0 Å². The summed E-state index contributed by atoms with van der Waals surface area (Å²) in [6, 6.07) is 22.2. The number of aromatic nitrogens is 1. The van der Waals surface area contributed by atoms with E-state index in [0.717, 1.165) is 29.8 Å². The van der Waals surface area contributed by atoms with Crippen molar-refractivity contribution in [2.75, 3.05) is 43.4 Å². The molecule has 1 fully saturated rings. The summed E-state index contributed by atoms with van der Waals surface area (Å²) in [7, 11) is 1.80. The lowest BCUT2D eigenvalue weighted by Crippen LogP contribution is -2.48. The molecule has 1 saturated heterocycles. The Balaban J connectivity index is 1.39. The van der Waals surface area contributed by atoms with Gasteiger partial charge < -0.3 is 20.4 Å².